The summed E-state index contributed by atoms with van der Waals surface area (Å²) in [6.07, 6.45) is 0.481. The number of hydrogen-bond donors (Lipinski definition) is 2. The van der Waals surface area contributed by atoms with E-state index < -0.39 is 0 Å². The van der Waals surface area contributed by atoms with Crippen molar-refractivity contribution in [2.45, 2.75) is 13.0 Å². The molecule has 0 aliphatic heterocycles. The SMILES string of the molecule is CNC(=O)CCNCc1cc(Br)c(OC)c(Br)c1. The summed E-state index contributed by atoms with van der Waals surface area (Å²) in [4.78, 5) is 11.0. The van der Waals surface area contributed by atoms with Crippen molar-refractivity contribution >= 4 is 37.8 Å². The average Bonchev–Trinajstić information content (AvgIpc) is 2.34. The molecule has 1 rings (SSSR count). The number of carbonyl (C=O) groups is 1. The fourth-order valence-electron chi connectivity index (χ4n) is 1.47. The molecule has 1 aromatic rings. The first kappa shape index (κ1) is 15.5. The average molecular weight is 380 g/mol. The lowest BCUT2D eigenvalue weighted by Crippen LogP contribution is -2.24. The highest BCUT2D eigenvalue weighted by Crippen LogP contribution is 2.34. The van der Waals surface area contributed by atoms with Gasteiger partial charge in [-0.15, -0.1) is 0 Å². The first-order valence-corrected chi connectivity index (χ1v) is 7.10. The molecule has 1 aromatic carbocycles. The molecule has 0 unspecified atom stereocenters. The number of halogens is 2. The summed E-state index contributed by atoms with van der Waals surface area (Å²) in [5, 5.41) is 5.80. The van der Waals surface area contributed by atoms with E-state index in [1.807, 2.05) is 12.1 Å². The standard InChI is InChI=1S/C12H16Br2N2O2/c1-15-11(17)3-4-16-7-8-5-9(13)12(18-2)10(14)6-8/h5-6,16H,3-4,7H2,1-2H3,(H,15,17). The first-order chi connectivity index (χ1) is 8.58. The van der Waals surface area contributed by atoms with Crippen molar-refractivity contribution in [3.63, 3.8) is 0 Å². The number of rotatable bonds is 6. The number of benzene rings is 1. The molecule has 0 aromatic heterocycles. The summed E-state index contributed by atoms with van der Waals surface area (Å²) in [5.74, 6) is 0.823. The van der Waals surface area contributed by atoms with Gasteiger partial charge < -0.3 is 15.4 Å². The second kappa shape index (κ2) is 7.76. The molecule has 0 radical (unpaired) electrons. The third-order valence-electron chi connectivity index (χ3n) is 2.40. The van der Waals surface area contributed by atoms with E-state index in [4.69, 9.17) is 4.74 Å². The second-order valence-corrected chi connectivity index (χ2v) is 5.40. The van der Waals surface area contributed by atoms with Crippen LogP contribution in [0.5, 0.6) is 5.75 Å². The number of hydrogen-bond acceptors (Lipinski definition) is 3. The van der Waals surface area contributed by atoms with Crippen LogP contribution in [-0.4, -0.2) is 26.6 Å². The Morgan fingerprint density at radius 3 is 2.44 bits per heavy atom. The molecule has 0 saturated carbocycles. The minimum absolute atomic E-state index is 0.0413. The van der Waals surface area contributed by atoms with E-state index in [0.29, 0.717) is 19.5 Å². The van der Waals surface area contributed by atoms with Crippen LogP contribution in [0.2, 0.25) is 0 Å². The van der Waals surface area contributed by atoms with E-state index >= 15 is 0 Å². The van der Waals surface area contributed by atoms with E-state index in [1.54, 1.807) is 14.2 Å². The fourth-order valence-corrected chi connectivity index (χ4v) is 3.07. The van der Waals surface area contributed by atoms with Gasteiger partial charge in [-0.3, -0.25) is 4.79 Å². The van der Waals surface area contributed by atoms with Crippen molar-refractivity contribution in [2.24, 2.45) is 0 Å². The highest BCUT2D eigenvalue weighted by Gasteiger charge is 2.07. The second-order valence-electron chi connectivity index (χ2n) is 3.69. The maximum atomic E-state index is 11.0. The quantitative estimate of drug-likeness (QED) is 0.746. The predicted octanol–water partition coefficient (Wildman–Crippen LogP) is 2.45. The number of methoxy groups -OCH3 is 1. The maximum absolute atomic E-state index is 11.0. The summed E-state index contributed by atoms with van der Waals surface area (Å²) in [6.45, 7) is 1.36. The molecule has 0 fully saturated rings. The smallest absolute Gasteiger partial charge is 0.221 e. The topological polar surface area (TPSA) is 50.4 Å². The van der Waals surface area contributed by atoms with Crippen molar-refractivity contribution < 1.29 is 9.53 Å². The van der Waals surface area contributed by atoms with Crippen molar-refractivity contribution in [3.05, 3.63) is 26.6 Å². The summed E-state index contributed by atoms with van der Waals surface area (Å²) >= 11 is 6.91. The molecule has 0 heterocycles. The number of ether oxygens (including phenoxy) is 1. The Balaban J connectivity index is 2.51. The Hall–Kier alpha value is -0.590. The molecule has 6 heteroatoms. The molecule has 0 saturated heterocycles. The molecular formula is C12H16Br2N2O2. The monoisotopic (exact) mass is 378 g/mol. The van der Waals surface area contributed by atoms with Crippen LogP contribution >= 0.6 is 31.9 Å². The van der Waals surface area contributed by atoms with Crippen LogP contribution in [0.1, 0.15) is 12.0 Å². The van der Waals surface area contributed by atoms with E-state index in [-0.39, 0.29) is 5.91 Å². The Morgan fingerprint density at radius 2 is 1.94 bits per heavy atom. The van der Waals surface area contributed by atoms with E-state index in [1.165, 1.54) is 0 Å². The van der Waals surface area contributed by atoms with Crippen molar-refractivity contribution in [2.75, 3.05) is 20.7 Å². The van der Waals surface area contributed by atoms with Gasteiger partial charge in [0.2, 0.25) is 5.91 Å². The molecule has 100 valence electrons. The third-order valence-corrected chi connectivity index (χ3v) is 3.58. The zero-order valence-corrected chi connectivity index (χ0v) is 13.5. The van der Waals surface area contributed by atoms with Gasteiger partial charge in [-0.25, -0.2) is 0 Å². The van der Waals surface area contributed by atoms with Crippen LogP contribution in [0.25, 0.3) is 0 Å². The van der Waals surface area contributed by atoms with Crippen LogP contribution in [0, 0.1) is 0 Å². The van der Waals surface area contributed by atoms with Crippen molar-refractivity contribution in [3.8, 4) is 5.75 Å². The Kier molecular flexibility index (Phi) is 6.67. The number of nitrogens with one attached hydrogen (secondary N) is 2. The normalized spacial score (nSPS) is 10.2. The lowest BCUT2D eigenvalue weighted by molar-refractivity contribution is -0.120. The predicted molar refractivity (Wildman–Crippen MR) is 78.8 cm³/mol. The van der Waals surface area contributed by atoms with Gasteiger partial charge in [-0.05, 0) is 49.6 Å². The largest absolute Gasteiger partial charge is 0.494 e. The summed E-state index contributed by atoms with van der Waals surface area (Å²) in [7, 11) is 3.27. The molecule has 18 heavy (non-hydrogen) atoms. The molecule has 0 bridgehead atoms. The molecule has 1 amide bonds. The molecule has 2 N–H and O–H groups in total. The van der Waals surface area contributed by atoms with Crippen molar-refractivity contribution in [1.82, 2.24) is 10.6 Å². The minimum atomic E-state index is 0.0413. The zero-order chi connectivity index (χ0) is 13.5. The fraction of sp³-hybridized carbons (Fsp3) is 0.417. The van der Waals surface area contributed by atoms with E-state index in [2.05, 4.69) is 42.5 Å². The van der Waals surface area contributed by atoms with Gasteiger partial charge in [0.1, 0.15) is 5.75 Å². The summed E-state index contributed by atoms with van der Waals surface area (Å²) in [5.41, 5.74) is 1.12. The van der Waals surface area contributed by atoms with E-state index in [9.17, 15) is 4.79 Å². The first-order valence-electron chi connectivity index (χ1n) is 5.51. The lowest BCUT2D eigenvalue weighted by Gasteiger charge is -2.10. The highest BCUT2D eigenvalue weighted by atomic mass is 79.9. The third kappa shape index (κ3) is 4.59. The maximum Gasteiger partial charge on any atom is 0.221 e. The lowest BCUT2D eigenvalue weighted by atomic mass is 10.2. The van der Waals surface area contributed by atoms with Gasteiger partial charge in [0.15, 0.2) is 0 Å². The number of carbonyl (C=O) groups excluding carboxylic acids is 1. The summed E-state index contributed by atoms with van der Waals surface area (Å²) in [6, 6.07) is 3.99. The van der Waals surface area contributed by atoms with Crippen LogP contribution < -0.4 is 15.4 Å². The van der Waals surface area contributed by atoms with Gasteiger partial charge in [-0.2, -0.15) is 0 Å². The molecule has 0 atom stereocenters. The van der Waals surface area contributed by atoms with Gasteiger partial charge in [0.05, 0.1) is 16.1 Å². The Bertz CT molecular complexity index is 402. The number of amides is 1. The molecule has 0 aliphatic carbocycles. The van der Waals surface area contributed by atoms with Gasteiger partial charge in [0, 0.05) is 26.6 Å². The van der Waals surface area contributed by atoms with Crippen LogP contribution in [0.15, 0.2) is 21.1 Å². The molecular weight excluding hydrogens is 364 g/mol. The molecule has 4 nitrogen and oxygen atoms in total. The molecule has 0 spiro atoms. The van der Waals surface area contributed by atoms with Crippen LogP contribution in [0.4, 0.5) is 0 Å². The Morgan fingerprint density at radius 1 is 1.33 bits per heavy atom. The van der Waals surface area contributed by atoms with Gasteiger partial charge in [0.25, 0.3) is 0 Å². The minimum Gasteiger partial charge on any atom is -0.494 e. The molecule has 0 aliphatic rings. The summed E-state index contributed by atoms with van der Waals surface area (Å²) < 4.78 is 7.05. The van der Waals surface area contributed by atoms with Gasteiger partial charge >= 0.3 is 0 Å². The van der Waals surface area contributed by atoms with Gasteiger partial charge in [-0.1, -0.05) is 0 Å². The van der Waals surface area contributed by atoms with Crippen LogP contribution in [-0.2, 0) is 11.3 Å². The van der Waals surface area contributed by atoms with Crippen molar-refractivity contribution in [1.29, 1.82) is 0 Å². The van der Waals surface area contributed by atoms with E-state index in [0.717, 1.165) is 20.3 Å². The van der Waals surface area contributed by atoms with Crippen LogP contribution in [0.3, 0.4) is 0 Å². The Labute approximate surface area is 124 Å². The highest BCUT2D eigenvalue weighted by molar-refractivity contribution is 9.11. The zero-order valence-electron chi connectivity index (χ0n) is 10.3.